The van der Waals surface area contributed by atoms with E-state index in [1.807, 2.05) is 18.2 Å². The molecule has 1 aromatic carbocycles. The van der Waals surface area contributed by atoms with Gasteiger partial charge in [0.1, 0.15) is 11.8 Å². The molecule has 3 N–H and O–H groups in total. The minimum absolute atomic E-state index is 0.230. The highest BCUT2D eigenvalue weighted by atomic mass is 19.1. The lowest BCUT2D eigenvalue weighted by Crippen LogP contribution is -2.29. The summed E-state index contributed by atoms with van der Waals surface area (Å²) < 4.78 is 19.2. The number of pyridine rings is 1. The number of aromatic nitrogens is 1. The SMILES string of the molecule is NNC(c1ccccn1)c1cc2cccc(F)c2o1. The van der Waals surface area contributed by atoms with Crippen molar-refractivity contribution in [2.45, 2.75) is 6.04 Å². The number of nitrogens with two attached hydrogens (primary N) is 1. The zero-order chi connectivity index (χ0) is 13.2. The summed E-state index contributed by atoms with van der Waals surface area (Å²) in [5, 5.41) is 0.700. The molecule has 3 aromatic rings. The molecule has 0 fully saturated rings. The molecule has 0 saturated heterocycles. The van der Waals surface area contributed by atoms with Crippen molar-refractivity contribution in [2.75, 3.05) is 0 Å². The summed E-state index contributed by atoms with van der Waals surface area (Å²) in [7, 11) is 0. The molecular formula is C14H12FN3O. The summed E-state index contributed by atoms with van der Waals surface area (Å²) >= 11 is 0. The Morgan fingerprint density at radius 2 is 2.11 bits per heavy atom. The molecule has 5 heteroatoms. The molecule has 0 saturated carbocycles. The fourth-order valence-electron chi connectivity index (χ4n) is 2.05. The monoisotopic (exact) mass is 257 g/mol. The van der Waals surface area contributed by atoms with E-state index in [1.165, 1.54) is 6.07 Å². The Labute approximate surface area is 109 Å². The average Bonchev–Trinajstić information content (AvgIpc) is 2.86. The number of hydrogen-bond donors (Lipinski definition) is 2. The number of hydrazine groups is 1. The van der Waals surface area contributed by atoms with Crippen molar-refractivity contribution in [1.29, 1.82) is 0 Å². The molecule has 96 valence electrons. The molecule has 0 aliphatic carbocycles. The average molecular weight is 257 g/mol. The van der Waals surface area contributed by atoms with Gasteiger partial charge in [-0.05, 0) is 24.3 Å². The third-order valence-corrected chi connectivity index (χ3v) is 2.95. The number of para-hydroxylation sites is 1. The van der Waals surface area contributed by atoms with Crippen molar-refractivity contribution in [3.63, 3.8) is 0 Å². The van der Waals surface area contributed by atoms with Crippen LogP contribution in [-0.4, -0.2) is 4.98 Å². The number of hydrogen-bond acceptors (Lipinski definition) is 4. The van der Waals surface area contributed by atoms with E-state index in [2.05, 4.69) is 10.4 Å². The summed E-state index contributed by atoms with van der Waals surface area (Å²) in [5.41, 5.74) is 3.58. The molecule has 0 bridgehead atoms. The van der Waals surface area contributed by atoms with Crippen molar-refractivity contribution in [2.24, 2.45) is 5.84 Å². The van der Waals surface area contributed by atoms with Crippen molar-refractivity contribution in [1.82, 2.24) is 10.4 Å². The largest absolute Gasteiger partial charge is 0.456 e. The Kier molecular flexibility index (Phi) is 2.98. The van der Waals surface area contributed by atoms with Crippen molar-refractivity contribution in [3.05, 3.63) is 65.9 Å². The Hall–Kier alpha value is -2.24. The quantitative estimate of drug-likeness (QED) is 0.559. The highest BCUT2D eigenvalue weighted by molar-refractivity contribution is 5.78. The van der Waals surface area contributed by atoms with Crippen LogP contribution < -0.4 is 11.3 Å². The van der Waals surface area contributed by atoms with Crippen LogP contribution in [-0.2, 0) is 0 Å². The van der Waals surface area contributed by atoms with Gasteiger partial charge in [-0.25, -0.2) is 9.82 Å². The fourth-order valence-corrected chi connectivity index (χ4v) is 2.05. The van der Waals surface area contributed by atoms with E-state index in [1.54, 1.807) is 24.4 Å². The van der Waals surface area contributed by atoms with Crippen LogP contribution in [0, 0.1) is 5.82 Å². The van der Waals surface area contributed by atoms with Crippen LogP contribution in [0.25, 0.3) is 11.0 Å². The highest BCUT2D eigenvalue weighted by Crippen LogP contribution is 2.28. The molecular weight excluding hydrogens is 245 g/mol. The molecule has 0 aliphatic rings. The van der Waals surface area contributed by atoms with Gasteiger partial charge in [-0.2, -0.15) is 0 Å². The van der Waals surface area contributed by atoms with Crippen LogP contribution in [0.4, 0.5) is 4.39 Å². The van der Waals surface area contributed by atoms with Gasteiger partial charge in [-0.15, -0.1) is 0 Å². The van der Waals surface area contributed by atoms with Gasteiger partial charge in [0.2, 0.25) is 0 Å². The summed E-state index contributed by atoms with van der Waals surface area (Å²) in [4.78, 5) is 4.22. The standard InChI is InChI=1S/C14H12FN3O/c15-10-5-3-4-9-8-12(19-14(9)10)13(18-16)11-6-1-2-7-17-11/h1-8,13,18H,16H2. The third-order valence-electron chi connectivity index (χ3n) is 2.95. The third kappa shape index (κ3) is 2.09. The molecule has 0 aliphatic heterocycles. The van der Waals surface area contributed by atoms with Crippen LogP contribution >= 0.6 is 0 Å². The predicted octanol–water partition coefficient (Wildman–Crippen LogP) is 2.52. The number of nitrogens with zero attached hydrogens (tertiary/aromatic N) is 1. The van der Waals surface area contributed by atoms with Gasteiger partial charge in [0.25, 0.3) is 0 Å². The smallest absolute Gasteiger partial charge is 0.169 e. The van der Waals surface area contributed by atoms with Gasteiger partial charge in [0.15, 0.2) is 11.4 Å². The molecule has 0 amide bonds. The van der Waals surface area contributed by atoms with Gasteiger partial charge in [0, 0.05) is 11.6 Å². The first-order valence-electron chi connectivity index (χ1n) is 5.84. The molecule has 0 radical (unpaired) electrons. The van der Waals surface area contributed by atoms with Gasteiger partial charge in [0.05, 0.1) is 5.69 Å². The molecule has 0 spiro atoms. The first-order valence-corrected chi connectivity index (χ1v) is 5.84. The van der Waals surface area contributed by atoms with Crippen LogP contribution in [0.5, 0.6) is 0 Å². The van der Waals surface area contributed by atoms with Crippen molar-refractivity contribution in [3.8, 4) is 0 Å². The zero-order valence-electron chi connectivity index (χ0n) is 10.0. The number of halogens is 1. The maximum atomic E-state index is 13.6. The number of nitrogens with one attached hydrogen (secondary N) is 1. The van der Waals surface area contributed by atoms with Gasteiger partial charge < -0.3 is 4.42 Å². The molecule has 3 rings (SSSR count). The van der Waals surface area contributed by atoms with E-state index >= 15 is 0 Å². The van der Waals surface area contributed by atoms with Crippen molar-refractivity contribution >= 4 is 11.0 Å². The van der Waals surface area contributed by atoms with Gasteiger partial charge in [-0.3, -0.25) is 10.8 Å². The Morgan fingerprint density at radius 1 is 1.21 bits per heavy atom. The maximum absolute atomic E-state index is 13.6. The number of fused-ring (bicyclic) bond motifs is 1. The summed E-state index contributed by atoms with van der Waals surface area (Å²) in [6.45, 7) is 0. The molecule has 19 heavy (non-hydrogen) atoms. The zero-order valence-corrected chi connectivity index (χ0v) is 10.0. The van der Waals surface area contributed by atoms with Crippen LogP contribution in [0.3, 0.4) is 0 Å². The Morgan fingerprint density at radius 3 is 2.79 bits per heavy atom. The molecule has 4 nitrogen and oxygen atoms in total. The normalized spacial score (nSPS) is 12.7. The lowest BCUT2D eigenvalue weighted by Gasteiger charge is -2.11. The summed E-state index contributed by atoms with van der Waals surface area (Å²) in [6, 6.07) is 11.6. The topological polar surface area (TPSA) is 64.1 Å². The maximum Gasteiger partial charge on any atom is 0.169 e. The van der Waals surface area contributed by atoms with E-state index in [0.717, 1.165) is 0 Å². The molecule has 2 aromatic heterocycles. The fraction of sp³-hybridized carbons (Fsp3) is 0.0714. The van der Waals surface area contributed by atoms with E-state index in [0.29, 0.717) is 16.8 Å². The summed E-state index contributed by atoms with van der Waals surface area (Å²) in [6.07, 6.45) is 1.67. The molecule has 2 heterocycles. The van der Waals surface area contributed by atoms with Crippen LogP contribution in [0.2, 0.25) is 0 Å². The van der Waals surface area contributed by atoms with Gasteiger partial charge in [-0.1, -0.05) is 18.2 Å². The second kappa shape index (κ2) is 4.79. The predicted molar refractivity (Wildman–Crippen MR) is 69.6 cm³/mol. The molecule has 1 atom stereocenters. The van der Waals surface area contributed by atoms with Crippen LogP contribution in [0.15, 0.2) is 53.1 Å². The highest BCUT2D eigenvalue weighted by Gasteiger charge is 2.19. The Balaban J connectivity index is 2.09. The first kappa shape index (κ1) is 11.8. The molecule has 1 unspecified atom stereocenters. The lowest BCUT2D eigenvalue weighted by molar-refractivity contribution is 0.460. The van der Waals surface area contributed by atoms with E-state index in [9.17, 15) is 4.39 Å². The van der Waals surface area contributed by atoms with Gasteiger partial charge >= 0.3 is 0 Å². The number of rotatable bonds is 3. The van der Waals surface area contributed by atoms with Crippen molar-refractivity contribution < 1.29 is 8.81 Å². The summed E-state index contributed by atoms with van der Waals surface area (Å²) in [5.74, 6) is 5.69. The van der Waals surface area contributed by atoms with E-state index < -0.39 is 6.04 Å². The van der Waals surface area contributed by atoms with E-state index in [-0.39, 0.29) is 11.4 Å². The lowest BCUT2D eigenvalue weighted by atomic mass is 10.1. The number of furan rings is 1. The van der Waals surface area contributed by atoms with E-state index in [4.69, 9.17) is 10.3 Å². The Bertz CT molecular complexity index is 696. The van der Waals surface area contributed by atoms with Crippen LogP contribution in [0.1, 0.15) is 17.5 Å². The first-order chi connectivity index (χ1) is 9.29. The second-order valence-corrected chi connectivity index (χ2v) is 4.16. The second-order valence-electron chi connectivity index (χ2n) is 4.16. The minimum Gasteiger partial charge on any atom is -0.456 e. The minimum atomic E-state index is -0.409. The number of benzene rings is 1.